The molecule has 4 nitrogen and oxygen atoms in total. The summed E-state index contributed by atoms with van der Waals surface area (Å²) in [6.45, 7) is 1.91. The average Bonchev–Trinajstić information content (AvgIpc) is 2.18. The SMILES string of the molecule is CNS(=O)(=O)c1ccc(CC(C)N)cc1. The second kappa shape index (κ2) is 4.74. The van der Waals surface area contributed by atoms with Crippen LogP contribution in [0.5, 0.6) is 0 Å². The molecule has 0 saturated carbocycles. The molecule has 0 radical (unpaired) electrons. The number of rotatable bonds is 4. The van der Waals surface area contributed by atoms with Gasteiger partial charge in [-0.15, -0.1) is 0 Å². The highest BCUT2D eigenvalue weighted by molar-refractivity contribution is 7.89. The third-order valence-corrected chi connectivity index (χ3v) is 3.49. The number of hydrogen-bond acceptors (Lipinski definition) is 3. The van der Waals surface area contributed by atoms with E-state index in [2.05, 4.69) is 4.72 Å². The molecule has 1 unspecified atom stereocenters. The molecule has 0 spiro atoms. The van der Waals surface area contributed by atoms with Crippen molar-refractivity contribution in [2.75, 3.05) is 7.05 Å². The van der Waals surface area contributed by atoms with Crippen LogP contribution in [0.15, 0.2) is 29.2 Å². The summed E-state index contributed by atoms with van der Waals surface area (Å²) in [5.74, 6) is 0. The molecule has 84 valence electrons. The van der Waals surface area contributed by atoms with Gasteiger partial charge in [-0.25, -0.2) is 13.1 Å². The minimum atomic E-state index is -3.32. The topological polar surface area (TPSA) is 72.2 Å². The molecule has 0 bridgehead atoms. The molecule has 0 heterocycles. The Morgan fingerprint density at radius 1 is 1.33 bits per heavy atom. The van der Waals surface area contributed by atoms with E-state index < -0.39 is 10.0 Å². The molecule has 1 aromatic rings. The summed E-state index contributed by atoms with van der Waals surface area (Å²) in [4.78, 5) is 0.276. The summed E-state index contributed by atoms with van der Waals surface area (Å²) in [7, 11) is -1.93. The van der Waals surface area contributed by atoms with E-state index in [4.69, 9.17) is 5.73 Å². The van der Waals surface area contributed by atoms with Crippen molar-refractivity contribution in [3.05, 3.63) is 29.8 Å². The summed E-state index contributed by atoms with van der Waals surface area (Å²) in [5, 5.41) is 0. The highest BCUT2D eigenvalue weighted by Crippen LogP contribution is 2.10. The first kappa shape index (κ1) is 12.2. The molecule has 1 aromatic carbocycles. The summed E-state index contributed by atoms with van der Waals surface area (Å²) in [6, 6.07) is 6.82. The lowest BCUT2D eigenvalue weighted by Gasteiger charge is -2.06. The van der Waals surface area contributed by atoms with Crippen molar-refractivity contribution in [3.63, 3.8) is 0 Å². The van der Waals surface area contributed by atoms with Crippen LogP contribution in [-0.4, -0.2) is 21.5 Å². The molecule has 0 aliphatic heterocycles. The molecule has 15 heavy (non-hydrogen) atoms. The van der Waals surface area contributed by atoms with Crippen molar-refractivity contribution in [2.45, 2.75) is 24.3 Å². The predicted octanol–water partition coefficient (Wildman–Crippen LogP) is 0.484. The van der Waals surface area contributed by atoms with Crippen LogP contribution in [0.4, 0.5) is 0 Å². The maximum Gasteiger partial charge on any atom is 0.240 e. The Bertz CT molecular complexity index is 410. The third-order valence-electron chi connectivity index (χ3n) is 2.06. The van der Waals surface area contributed by atoms with Crippen LogP contribution in [0, 0.1) is 0 Å². The van der Waals surface area contributed by atoms with Crippen LogP contribution in [0.25, 0.3) is 0 Å². The minimum absolute atomic E-state index is 0.0803. The molecule has 0 amide bonds. The Morgan fingerprint density at radius 2 is 1.87 bits per heavy atom. The van der Waals surface area contributed by atoms with Crippen LogP contribution in [0.3, 0.4) is 0 Å². The monoisotopic (exact) mass is 228 g/mol. The van der Waals surface area contributed by atoms with Crippen LogP contribution in [0.1, 0.15) is 12.5 Å². The Balaban J connectivity index is 2.91. The summed E-state index contributed by atoms with van der Waals surface area (Å²) >= 11 is 0. The van der Waals surface area contributed by atoms with Gasteiger partial charge in [0.1, 0.15) is 0 Å². The van der Waals surface area contributed by atoms with Gasteiger partial charge in [-0.3, -0.25) is 0 Å². The van der Waals surface area contributed by atoms with Crippen molar-refractivity contribution < 1.29 is 8.42 Å². The Kier molecular flexibility index (Phi) is 3.84. The second-order valence-corrected chi connectivity index (χ2v) is 5.42. The van der Waals surface area contributed by atoms with Gasteiger partial charge < -0.3 is 5.73 Å². The van der Waals surface area contributed by atoms with Gasteiger partial charge in [-0.1, -0.05) is 12.1 Å². The maximum absolute atomic E-state index is 11.4. The molecule has 1 rings (SSSR count). The normalized spacial score (nSPS) is 13.8. The van der Waals surface area contributed by atoms with Crippen LogP contribution >= 0.6 is 0 Å². The zero-order valence-corrected chi connectivity index (χ0v) is 9.71. The average molecular weight is 228 g/mol. The van der Waals surface area contributed by atoms with Crippen molar-refractivity contribution in [3.8, 4) is 0 Å². The highest BCUT2D eigenvalue weighted by atomic mass is 32.2. The summed E-state index contributed by atoms with van der Waals surface area (Å²) in [5.41, 5.74) is 6.69. The van der Waals surface area contributed by atoms with E-state index in [-0.39, 0.29) is 10.9 Å². The standard InChI is InChI=1S/C10H16N2O2S/c1-8(11)7-9-3-5-10(6-4-9)15(13,14)12-2/h3-6,8,12H,7,11H2,1-2H3. The second-order valence-electron chi connectivity index (χ2n) is 3.53. The first-order valence-corrected chi connectivity index (χ1v) is 6.22. The molecule has 0 aliphatic carbocycles. The van der Waals surface area contributed by atoms with E-state index in [1.54, 1.807) is 24.3 Å². The fraction of sp³-hybridized carbons (Fsp3) is 0.400. The number of benzene rings is 1. The fourth-order valence-corrected chi connectivity index (χ4v) is 2.02. The molecule has 0 aromatic heterocycles. The first-order chi connectivity index (χ1) is 6.95. The minimum Gasteiger partial charge on any atom is -0.328 e. The lowest BCUT2D eigenvalue weighted by Crippen LogP contribution is -2.19. The van der Waals surface area contributed by atoms with E-state index in [1.807, 2.05) is 6.92 Å². The first-order valence-electron chi connectivity index (χ1n) is 4.74. The van der Waals surface area contributed by atoms with Gasteiger partial charge >= 0.3 is 0 Å². The number of sulfonamides is 1. The highest BCUT2D eigenvalue weighted by Gasteiger charge is 2.10. The molecule has 0 aliphatic rings. The lowest BCUT2D eigenvalue weighted by molar-refractivity contribution is 0.588. The van der Waals surface area contributed by atoms with Crippen molar-refractivity contribution in [2.24, 2.45) is 5.73 Å². The number of hydrogen-bond donors (Lipinski definition) is 2. The van der Waals surface area contributed by atoms with Gasteiger partial charge in [0, 0.05) is 6.04 Å². The molecule has 0 saturated heterocycles. The Morgan fingerprint density at radius 3 is 2.27 bits per heavy atom. The third kappa shape index (κ3) is 3.30. The number of nitrogens with two attached hydrogens (primary N) is 1. The van der Waals surface area contributed by atoms with Gasteiger partial charge in [0.15, 0.2) is 0 Å². The molecular weight excluding hydrogens is 212 g/mol. The largest absolute Gasteiger partial charge is 0.328 e. The fourth-order valence-electron chi connectivity index (χ4n) is 1.29. The molecule has 5 heteroatoms. The zero-order valence-electron chi connectivity index (χ0n) is 8.90. The smallest absolute Gasteiger partial charge is 0.240 e. The van der Waals surface area contributed by atoms with E-state index in [0.717, 1.165) is 12.0 Å². The number of nitrogens with one attached hydrogen (secondary N) is 1. The summed E-state index contributed by atoms with van der Waals surface area (Å²) in [6.07, 6.45) is 0.750. The van der Waals surface area contributed by atoms with Crippen LogP contribution in [-0.2, 0) is 16.4 Å². The molecule has 3 N–H and O–H groups in total. The maximum atomic E-state index is 11.4. The Hall–Kier alpha value is -0.910. The van der Waals surface area contributed by atoms with E-state index >= 15 is 0 Å². The van der Waals surface area contributed by atoms with Crippen LogP contribution in [0.2, 0.25) is 0 Å². The van der Waals surface area contributed by atoms with Gasteiger partial charge in [0.25, 0.3) is 0 Å². The van der Waals surface area contributed by atoms with Gasteiger partial charge in [-0.05, 0) is 38.1 Å². The molecule has 0 fully saturated rings. The quantitative estimate of drug-likeness (QED) is 0.787. The van der Waals surface area contributed by atoms with Crippen LogP contribution < -0.4 is 10.5 Å². The van der Waals surface area contributed by atoms with Crippen molar-refractivity contribution >= 4 is 10.0 Å². The zero-order chi connectivity index (χ0) is 11.5. The van der Waals surface area contributed by atoms with E-state index in [1.165, 1.54) is 7.05 Å². The molecule has 1 atom stereocenters. The van der Waals surface area contributed by atoms with E-state index in [0.29, 0.717) is 0 Å². The predicted molar refractivity (Wildman–Crippen MR) is 60.0 cm³/mol. The van der Waals surface area contributed by atoms with Gasteiger partial charge in [0.05, 0.1) is 4.90 Å². The Labute approximate surface area is 90.5 Å². The van der Waals surface area contributed by atoms with Gasteiger partial charge in [0.2, 0.25) is 10.0 Å². The molecular formula is C10H16N2O2S. The van der Waals surface area contributed by atoms with Crippen molar-refractivity contribution in [1.82, 2.24) is 4.72 Å². The lowest BCUT2D eigenvalue weighted by atomic mass is 10.1. The van der Waals surface area contributed by atoms with Crippen molar-refractivity contribution in [1.29, 1.82) is 0 Å². The van der Waals surface area contributed by atoms with E-state index in [9.17, 15) is 8.42 Å². The summed E-state index contributed by atoms with van der Waals surface area (Å²) < 4.78 is 25.1. The van der Waals surface area contributed by atoms with Gasteiger partial charge in [-0.2, -0.15) is 0 Å².